The van der Waals surface area contributed by atoms with E-state index in [0.717, 1.165) is 17.7 Å². The van der Waals surface area contributed by atoms with Crippen molar-refractivity contribution in [3.63, 3.8) is 0 Å². The maximum Gasteiger partial charge on any atom is 0.445 e. The zero-order valence-electron chi connectivity index (χ0n) is 24.4. The third-order valence-corrected chi connectivity index (χ3v) is 8.93. The molecule has 3 aromatic rings. The number of sulfonamides is 1. The molecule has 1 atom stereocenters. The molecule has 0 bridgehead atoms. The average molecular weight is 619 g/mol. The highest BCUT2D eigenvalue weighted by atomic mass is 32.2. The van der Waals surface area contributed by atoms with Crippen LogP contribution in [0.15, 0.2) is 53.1 Å². The van der Waals surface area contributed by atoms with E-state index in [1.165, 1.54) is 29.7 Å². The predicted octanol–water partition coefficient (Wildman–Crippen LogP) is 6.34. The number of carbonyl (C=O) groups excluding carboxylic acids is 2. The lowest BCUT2D eigenvalue weighted by Crippen LogP contribution is -2.61. The minimum atomic E-state index is -4.42. The van der Waals surface area contributed by atoms with Gasteiger partial charge in [-0.3, -0.25) is 14.8 Å². The summed E-state index contributed by atoms with van der Waals surface area (Å²) in [5.74, 6) is -2.30. The lowest BCUT2D eigenvalue weighted by Gasteiger charge is -2.32. The summed E-state index contributed by atoms with van der Waals surface area (Å²) in [5.41, 5.74) is 0.0982. The molecule has 0 aliphatic rings. The molecular formula is C30H38N2O8S2. The Labute approximate surface area is 250 Å². The van der Waals surface area contributed by atoms with Gasteiger partial charge in [0.15, 0.2) is 11.3 Å². The Kier molecular flexibility index (Phi) is 11.1. The zero-order valence-corrected chi connectivity index (χ0v) is 26.1. The largest absolute Gasteiger partial charge is 0.480 e. The summed E-state index contributed by atoms with van der Waals surface area (Å²) < 4.78 is 38.0. The molecule has 0 saturated heterocycles. The molecule has 0 aliphatic carbocycles. The number of Topliss-reactive ketones (excluding diaryl/α,β-unsaturated/α-hetero) is 1. The van der Waals surface area contributed by atoms with Crippen LogP contribution in [0.2, 0.25) is 0 Å². The molecule has 0 aliphatic heterocycles. The van der Waals surface area contributed by atoms with E-state index in [2.05, 4.69) is 23.9 Å². The Morgan fingerprint density at radius 3 is 2.33 bits per heavy atom. The van der Waals surface area contributed by atoms with Crippen LogP contribution in [-0.2, 0) is 32.5 Å². The van der Waals surface area contributed by atoms with Gasteiger partial charge >= 0.3 is 21.3 Å². The summed E-state index contributed by atoms with van der Waals surface area (Å²) in [7, 11) is -4.42. The number of carbonyl (C=O) groups is 3. The first-order valence-electron chi connectivity index (χ1n) is 13.8. The predicted molar refractivity (Wildman–Crippen MR) is 162 cm³/mol. The van der Waals surface area contributed by atoms with Gasteiger partial charge in [-0.2, -0.15) is 8.42 Å². The minimum absolute atomic E-state index is 0.0225. The van der Waals surface area contributed by atoms with Crippen LogP contribution >= 0.6 is 11.3 Å². The number of ether oxygens (including phenoxy) is 1. The van der Waals surface area contributed by atoms with Gasteiger partial charge in [0.1, 0.15) is 5.00 Å². The Bertz CT molecular complexity index is 1480. The molecular weight excluding hydrogens is 580 g/mol. The van der Waals surface area contributed by atoms with Crippen LogP contribution in [0.4, 0.5) is 9.80 Å². The Morgan fingerprint density at radius 1 is 1.10 bits per heavy atom. The first-order valence-corrected chi connectivity index (χ1v) is 16.1. The molecule has 0 amide bonds. The van der Waals surface area contributed by atoms with Crippen LogP contribution in [0.25, 0.3) is 11.1 Å². The minimum Gasteiger partial charge on any atom is -0.480 e. The maximum absolute atomic E-state index is 13.2. The summed E-state index contributed by atoms with van der Waals surface area (Å²) in [4.78, 5) is 38.8. The van der Waals surface area contributed by atoms with Crippen LogP contribution < -0.4 is 10.0 Å². The number of rotatable bonds is 15. The number of carboxylic acid groups (broad SMARTS) is 1. The fourth-order valence-corrected chi connectivity index (χ4v) is 6.70. The fraction of sp³-hybridized carbons (Fsp3) is 0.433. The number of thiophene rings is 1. The monoisotopic (exact) mass is 618 g/mol. The number of anilines is 1. The molecule has 1 unspecified atom stereocenters. The molecule has 1 aromatic carbocycles. The van der Waals surface area contributed by atoms with Crippen LogP contribution in [-0.4, -0.2) is 42.7 Å². The van der Waals surface area contributed by atoms with E-state index >= 15 is 0 Å². The highest BCUT2D eigenvalue weighted by Crippen LogP contribution is 2.38. The molecule has 12 heteroatoms. The molecule has 0 radical (unpaired) electrons. The van der Waals surface area contributed by atoms with Crippen molar-refractivity contribution in [1.82, 2.24) is 5.32 Å². The Balaban J connectivity index is 1.87. The topological polar surface area (TPSA) is 152 Å². The van der Waals surface area contributed by atoms with Crippen molar-refractivity contribution in [2.75, 3.05) is 11.3 Å². The van der Waals surface area contributed by atoms with E-state index in [0.29, 0.717) is 34.0 Å². The van der Waals surface area contributed by atoms with Crippen LogP contribution in [0.5, 0.6) is 0 Å². The normalized spacial score (nSPS) is 13.2. The summed E-state index contributed by atoms with van der Waals surface area (Å²) in [6.45, 7) is 9.42. The van der Waals surface area contributed by atoms with Gasteiger partial charge in [0.2, 0.25) is 5.78 Å². The molecule has 2 aromatic heterocycles. The summed E-state index contributed by atoms with van der Waals surface area (Å²) >= 11 is 1.26. The van der Waals surface area contributed by atoms with Crippen molar-refractivity contribution >= 4 is 43.4 Å². The highest BCUT2D eigenvalue weighted by molar-refractivity contribution is 8.07. The average Bonchev–Trinajstić information content (AvgIpc) is 3.59. The van der Waals surface area contributed by atoms with Crippen LogP contribution in [0, 0.1) is 11.8 Å². The molecule has 0 spiro atoms. The molecule has 10 nitrogen and oxygen atoms in total. The lowest BCUT2D eigenvalue weighted by molar-refractivity contribution is -0.144. The first kappa shape index (κ1) is 33.0. The lowest BCUT2D eigenvalue weighted by atomic mass is 9.81. The van der Waals surface area contributed by atoms with E-state index in [1.807, 2.05) is 13.0 Å². The van der Waals surface area contributed by atoms with E-state index in [4.69, 9.17) is 9.15 Å². The molecule has 0 fully saturated rings. The van der Waals surface area contributed by atoms with Gasteiger partial charge in [-0.05, 0) is 54.0 Å². The summed E-state index contributed by atoms with van der Waals surface area (Å²) in [6, 6.07) is 12.0. The number of aliphatic carboxylic acids is 1. The fourth-order valence-electron chi connectivity index (χ4n) is 4.39. The smallest absolute Gasteiger partial charge is 0.445 e. The third-order valence-electron chi connectivity index (χ3n) is 6.70. The van der Waals surface area contributed by atoms with Crippen molar-refractivity contribution < 1.29 is 37.1 Å². The Morgan fingerprint density at radius 2 is 1.79 bits per heavy atom. The van der Waals surface area contributed by atoms with Crippen molar-refractivity contribution in [3.05, 3.63) is 64.9 Å². The van der Waals surface area contributed by atoms with Gasteiger partial charge in [0.05, 0.1) is 12.9 Å². The number of ketones is 1. The number of unbranched alkanes of at least 4 members (excludes halogenated alkanes) is 1. The molecule has 42 heavy (non-hydrogen) atoms. The zero-order chi connectivity index (χ0) is 31.1. The molecule has 3 N–H and O–H groups in total. The van der Waals surface area contributed by atoms with Gasteiger partial charge < -0.3 is 14.3 Å². The first-order chi connectivity index (χ1) is 19.8. The second-order valence-corrected chi connectivity index (χ2v) is 13.4. The van der Waals surface area contributed by atoms with Crippen LogP contribution in [0.3, 0.4) is 0 Å². The van der Waals surface area contributed by atoms with Gasteiger partial charge in [-0.15, -0.1) is 11.3 Å². The number of hydrogen-bond donors (Lipinski definition) is 3. The van der Waals surface area contributed by atoms with Gasteiger partial charge in [0.25, 0.3) is 0 Å². The van der Waals surface area contributed by atoms with Crippen LogP contribution in [0.1, 0.15) is 68.5 Å². The van der Waals surface area contributed by atoms with E-state index < -0.39 is 38.5 Å². The number of nitrogens with one attached hydrogen (secondary N) is 2. The molecule has 2 heterocycles. The summed E-state index contributed by atoms with van der Waals surface area (Å²) in [5, 5.41) is 12.0. The van der Waals surface area contributed by atoms with E-state index in [1.54, 1.807) is 38.1 Å². The number of benzene rings is 1. The van der Waals surface area contributed by atoms with Gasteiger partial charge in [-0.25, -0.2) is 9.59 Å². The van der Waals surface area contributed by atoms with Crippen molar-refractivity contribution in [3.8, 4) is 11.1 Å². The van der Waals surface area contributed by atoms with Gasteiger partial charge in [-0.1, -0.05) is 65.3 Å². The van der Waals surface area contributed by atoms with E-state index in [9.17, 15) is 27.9 Å². The van der Waals surface area contributed by atoms with Crippen molar-refractivity contribution in [2.45, 2.75) is 66.0 Å². The SMILES string of the molecule is CCCCOC(=O)S(=O)(=O)Nc1sc(CC(C)C)cc1-c1ccc(CNC(C(=O)O)(C(=O)c2ccco2)C(C)C)cc1. The second-order valence-electron chi connectivity index (χ2n) is 10.7. The standard InChI is InChI=1S/C30H38N2O8S2/c1-6-7-14-40-29(36)42(37,38)32-27-24(17-23(41-27)16-19(2)3)22-12-10-21(11-13-22)18-31-30(20(4)5,28(34)35)26(33)25-9-8-15-39-25/h8-13,15,17,19-20,31-32H,6-7,14,16,18H2,1-5H3,(H,34,35). The quantitative estimate of drug-likeness (QED) is 0.0767. The van der Waals surface area contributed by atoms with E-state index in [-0.39, 0.29) is 18.9 Å². The molecule has 3 rings (SSSR count). The highest BCUT2D eigenvalue weighted by Gasteiger charge is 2.50. The molecule has 228 valence electrons. The summed E-state index contributed by atoms with van der Waals surface area (Å²) in [6.07, 6.45) is 3.36. The number of carboxylic acids is 1. The third kappa shape index (κ3) is 7.67. The van der Waals surface area contributed by atoms with Gasteiger partial charge in [0, 0.05) is 17.0 Å². The number of furan rings is 1. The number of hydrogen-bond acceptors (Lipinski definition) is 9. The van der Waals surface area contributed by atoms with Crippen molar-refractivity contribution in [2.24, 2.45) is 11.8 Å². The molecule has 0 saturated carbocycles. The van der Waals surface area contributed by atoms with Crippen molar-refractivity contribution in [1.29, 1.82) is 0 Å². The Hall–Kier alpha value is -3.48. The maximum atomic E-state index is 13.2. The second kappa shape index (κ2) is 14.1.